The standard InChI is InChI=1S/C11H18O2/c1-10(2,13)9(12)8-6-3-4-11(6)5-7(8)11/h6-9,12-13H,3-5H2,1-2H3. The van der Waals surface area contributed by atoms with Crippen LogP contribution in [0.1, 0.15) is 33.1 Å². The van der Waals surface area contributed by atoms with E-state index >= 15 is 0 Å². The van der Waals surface area contributed by atoms with E-state index in [1.165, 1.54) is 19.3 Å². The van der Waals surface area contributed by atoms with Gasteiger partial charge in [-0.05, 0) is 56.3 Å². The van der Waals surface area contributed by atoms with E-state index in [4.69, 9.17) is 0 Å². The molecule has 3 fully saturated rings. The number of aliphatic hydroxyl groups is 2. The molecule has 5 unspecified atom stereocenters. The van der Waals surface area contributed by atoms with Gasteiger partial charge >= 0.3 is 0 Å². The Morgan fingerprint density at radius 1 is 1.38 bits per heavy atom. The zero-order valence-corrected chi connectivity index (χ0v) is 8.33. The molecule has 0 heterocycles. The van der Waals surface area contributed by atoms with Gasteiger partial charge in [0.25, 0.3) is 0 Å². The minimum Gasteiger partial charge on any atom is -0.390 e. The van der Waals surface area contributed by atoms with Crippen LogP contribution in [0.3, 0.4) is 0 Å². The quantitative estimate of drug-likeness (QED) is 0.673. The van der Waals surface area contributed by atoms with E-state index < -0.39 is 11.7 Å². The van der Waals surface area contributed by atoms with Crippen molar-refractivity contribution >= 4 is 0 Å². The van der Waals surface area contributed by atoms with Gasteiger partial charge in [0.1, 0.15) is 0 Å². The van der Waals surface area contributed by atoms with Crippen molar-refractivity contribution in [3.8, 4) is 0 Å². The topological polar surface area (TPSA) is 40.5 Å². The van der Waals surface area contributed by atoms with Crippen LogP contribution in [0.25, 0.3) is 0 Å². The summed E-state index contributed by atoms with van der Waals surface area (Å²) in [6, 6.07) is 0. The van der Waals surface area contributed by atoms with Crippen LogP contribution in [0.4, 0.5) is 0 Å². The normalized spacial score (nSPS) is 54.0. The summed E-state index contributed by atoms with van der Waals surface area (Å²) >= 11 is 0. The maximum absolute atomic E-state index is 9.97. The molecule has 2 nitrogen and oxygen atoms in total. The van der Waals surface area contributed by atoms with Crippen LogP contribution in [0.2, 0.25) is 0 Å². The summed E-state index contributed by atoms with van der Waals surface area (Å²) in [5.74, 6) is 1.92. The molecule has 3 aliphatic carbocycles. The number of aliphatic hydroxyl groups excluding tert-OH is 1. The highest BCUT2D eigenvalue weighted by Gasteiger charge is 2.78. The third-order valence-corrected chi connectivity index (χ3v) is 4.86. The molecule has 3 rings (SSSR count). The zero-order chi connectivity index (χ0) is 9.43. The predicted molar refractivity (Wildman–Crippen MR) is 49.1 cm³/mol. The second-order valence-electron chi connectivity index (χ2n) is 5.86. The summed E-state index contributed by atoms with van der Waals surface area (Å²) in [6.45, 7) is 3.44. The second-order valence-corrected chi connectivity index (χ2v) is 5.86. The van der Waals surface area contributed by atoms with Crippen LogP contribution in [0.5, 0.6) is 0 Å². The van der Waals surface area contributed by atoms with E-state index in [9.17, 15) is 10.2 Å². The van der Waals surface area contributed by atoms with Crippen LogP contribution >= 0.6 is 0 Å². The molecular weight excluding hydrogens is 164 g/mol. The van der Waals surface area contributed by atoms with Gasteiger partial charge < -0.3 is 10.2 Å². The molecule has 0 aromatic carbocycles. The Morgan fingerprint density at radius 2 is 2.08 bits per heavy atom. The van der Waals surface area contributed by atoms with Gasteiger partial charge in [0, 0.05) is 0 Å². The Bertz CT molecular complexity index is 255. The molecule has 1 spiro atoms. The summed E-state index contributed by atoms with van der Waals surface area (Å²) < 4.78 is 0. The number of hydrogen-bond acceptors (Lipinski definition) is 2. The molecular formula is C11H18O2. The average molecular weight is 182 g/mol. The molecule has 2 heteroatoms. The Balaban J connectivity index is 1.75. The number of rotatable bonds is 2. The van der Waals surface area contributed by atoms with Crippen molar-refractivity contribution in [1.29, 1.82) is 0 Å². The van der Waals surface area contributed by atoms with Crippen molar-refractivity contribution in [3.63, 3.8) is 0 Å². The summed E-state index contributed by atoms with van der Waals surface area (Å²) in [6.07, 6.45) is 3.50. The summed E-state index contributed by atoms with van der Waals surface area (Å²) in [4.78, 5) is 0. The molecule has 3 aliphatic rings. The fraction of sp³-hybridized carbons (Fsp3) is 1.00. The van der Waals surface area contributed by atoms with Crippen LogP contribution < -0.4 is 0 Å². The van der Waals surface area contributed by atoms with E-state index in [1.54, 1.807) is 13.8 Å². The van der Waals surface area contributed by atoms with Crippen LogP contribution in [0, 0.1) is 23.2 Å². The van der Waals surface area contributed by atoms with E-state index in [-0.39, 0.29) is 0 Å². The third kappa shape index (κ3) is 0.774. The van der Waals surface area contributed by atoms with Crippen molar-refractivity contribution < 1.29 is 10.2 Å². The van der Waals surface area contributed by atoms with Crippen molar-refractivity contribution in [3.05, 3.63) is 0 Å². The van der Waals surface area contributed by atoms with Gasteiger partial charge in [-0.15, -0.1) is 0 Å². The molecule has 0 aromatic heterocycles. The lowest BCUT2D eigenvalue weighted by Gasteiger charge is -2.56. The first-order valence-corrected chi connectivity index (χ1v) is 5.37. The maximum Gasteiger partial charge on any atom is 0.0855 e. The molecule has 0 bridgehead atoms. The molecule has 0 amide bonds. The van der Waals surface area contributed by atoms with Crippen LogP contribution in [-0.4, -0.2) is 21.9 Å². The van der Waals surface area contributed by atoms with Gasteiger partial charge in [-0.2, -0.15) is 0 Å². The van der Waals surface area contributed by atoms with Gasteiger partial charge in [-0.25, -0.2) is 0 Å². The first kappa shape index (κ1) is 8.25. The molecule has 13 heavy (non-hydrogen) atoms. The lowest BCUT2D eigenvalue weighted by Crippen LogP contribution is -2.56. The Kier molecular flexibility index (Phi) is 1.24. The first-order valence-electron chi connectivity index (χ1n) is 5.37. The van der Waals surface area contributed by atoms with Gasteiger partial charge in [-0.3, -0.25) is 0 Å². The molecule has 74 valence electrons. The van der Waals surface area contributed by atoms with Crippen molar-refractivity contribution in [2.45, 2.75) is 44.8 Å². The van der Waals surface area contributed by atoms with Crippen molar-refractivity contribution in [2.24, 2.45) is 23.2 Å². The van der Waals surface area contributed by atoms with E-state index in [0.717, 1.165) is 11.8 Å². The Hall–Kier alpha value is -0.0800. The van der Waals surface area contributed by atoms with Gasteiger partial charge in [0.2, 0.25) is 0 Å². The highest BCUT2D eigenvalue weighted by Crippen LogP contribution is 2.84. The number of hydrogen-bond donors (Lipinski definition) is 2. The van der Waals surface area contributed by atoms with Gasteiger partial charge in [0.15, 0.2) is 0 Å². The molecule has 2 N–H and O–H groups in total. The minimum absolute atomic E-state index is 0.411. The van der Waals surface area contributed by atoms with Gasteiger partial charge in [0.05, 0.1) is 11.7 Å². The van der Waals surface area contributed by atoms with E-state index in [1.807, 2.05) is 0 Å². The lowest BCUT2D eigenvalue weighted by atomic mass is 9.50. The fourth-order valence-corrected chi connectivity index (χ4v) is 3.91. The largest absolute Gasteiger partial charge is 0.390 e. The minimum atomic E-state index is -0.908. The molecule has 0 saturated heterocycles. The first-order chi connectivity index (χ1) is 5.97. The van der Waals surface area contributed by atoms with E-state index in [0.29, 0.717) is 11.3 Å². The second kappa shape index (κ2) is 1.96. The van der Waals surface area contributed by atoms with Crippen LogP contribution in [-0.2, 0) is 0 Å². The third-order valence-electron chi connectivity index (χ3n) is 4.86. The van der Waals surface area contributed by atoms with Crippen molar-refractivity contribution in [1.82, 2.24) is 0 Å². The average Bonchev–Trinajstić information content (AvgIpc) is 2.68. The van der Waals surface area contributed by atoms with Crippen LogP contribution in [0.15, 0.2) is 0 Å². The monoisotopic (exact) mass is 182 g/mol. The fourth-order valence-electron chi connectivity index (χ4n) is 3.91. The Labute approximate surface area is 79.0 Å². The van der Waals surface area contributed by atoms with Crippen molar-refractivity contribution in [2.75, 3.05) is 0 Å². The highest BCUT2D eigenvalue weighted by molar-refractivity contribution is 5.27. The van der Waals surface area contributed by atoms with Gasteiger partial charge in [-0.1, -0.05) is 0 Å². The molecule has 0 aliphatic heterocycles. The molecule has 0 radical (unpaired) electrons. The summed E-state index contributed by atoms with van der Waals surface area (Å²) in [5, 5.41) is 19.7. The predicted octanol–water partition coefficient (Wildman–Crippen LogP) is 1.16. The lowest BCUT2D eigenvalue weighted by molar-refractivity contribution is -0.163. The smallest absolute Gasteiger partial charge is 0.0855 e. The zero-order valence-electron chi connectivity index (χ0n) is 8.33. The summed E-state index contributed by atoms with van der Waals surface area (Å²) in [7, 11) is 0. The molecule has 3 saturated carbocycles. The maximum atomic E-state index is 9.97. The Morgan fingerprint density at radius 3 is 2.38 bits per heavy atom. The summed E-state index contributed by atoms with van der Waals surface area (Å²) in [5.41, 5.74) is -0.230. The molecule has 0 aromatic rings. The molecule has 5 atom stereocenters. The van der Waals surface area contributed by atoms with E-state index in [2.05, 4.69) is 0 Å². The SMILES string of the molecule is CC(C)(O)C(O)C1C2CCC23CC13. The highest BCUT2D eigenvalue weighted by atomic mass is 16.3.